The van der Waals surface area contributed by atoms with Crippen molar-refractivity contribution < 1.29 is 9.53 Å². The number of allylic oxidation sites excluding steroid dienone is 2. The SMILES string of the molecule is CC(CN1C=CC=C([C@@H]2CCCN2C)C1Oc1ccc(C(=O)c2nc3ccccc3[nH]2)cc1)c1ccccc1. The topological polar surface area (TPSA) is 61.5 Å². The minimum absolute atomic E-state index is 0.134. The molecule has 0 bridgehead atoms. The number of carbonyl (C=O) groups is 1. The van der Waals surface area contributed by atoms with E-state index in [0.29, 0.717) is 23.3 Å². The van der Waals surface area contributed by atoms with Crippen molar-refractivity contribution in [2.75, 3.05) is 20.1 Å². The molecule has 1 aromatic heterocycles. The van der Waals surface area contributed by atoms with Crippen LogP contribution in [-0.4, -0.2) is 58.0 Å². The normalized spacial score (nSPS) is 20.3. The van der Waals surface area contributed by atoms with Crippen LogP contribution >= 0.6 is 0 Å². The number of para-hydroxylation sites is 2. The number of likely N-dealkylation sites (tertiary alicyclic amines) is 1. The Morgan fingerprint density at radius 1 is 1.05 bits per heavy atom. The maximum atomic E-state index is 13.1. The number of H-pyrrole nitrogens is 1. The van der Waals surface area contributed by atoms with Crippen molar-refractivity contribution >= 4 is 16.8 Å². The van der Waals surface area contributed by atoms with Crippen LogP contribution in [0, 0.1) is 0 Å². The second-order valence-electron chi connectivity index (χ2n) is 10.6. The number of likely N-dealkylation sites (N-methyl/N-ethyl adjacent to an activating group) is 1. The Morgan fingerprint density at radius 3 is 2.56 bits per heavy atom. The lowest BCUT2D eigenvalue weighted by molar-refractivity contribution is 0.0736. The summed E-state index contributed by atoms with van der Waals surface area (Å²) in [6, 6.07) is 26.1. The number of aromatic nitrogens is 2. The van der Waals surface area contributed by atoms with Crippen molar-refractivity contribution in [2.24, 2.45) is 0 Å². The predicted molar refractivity (Wildman–Crippen MR) is 155 cm³/mol. The number of hydrogen-bond acceptors (Lipinski definition) is 5. The molecule has 3 heterocycles. The number of nitrogens with one attached hydrogen (secondary N) is 1. The van der Waals surface area contributed by atoms with Crippen LogP contribution in [0.4, 0.5) is 0 Å². The summed E-state index contributed by atoms with van der Waals surface area (Å²) in [4.78, 5) is 25.5. The van der Waals surface area contributed by atoms with Crippen molar-refractivity contribution in [2.45, 2.75) is 38.0 Å². The fraction of sp³-hybridized carbons (Fsp3) is 0.273. The fourth-order valence-electron chi connectivity index (χ4n) is 5.73. The number of ketones is 1. The molecule has 3 aromatic carbocycles. The third-order valence-electron chi connectivity index (χ3n) is 7.88. The van der Waals surface area contributed by atoms with Gasteiger partial charge in [-0.1, -0.05) is 55.5 Å². The summed E-state index contributed by atoms with van der Waals surface area (Å²) in [7, 11) is 2.20. The molecule has 3 atom stereocenters. The van der Waals surface area contributed by atoms with Gasteiger partial charge in [0, 0.05) is 29.9 Å². The zero-order valence-electron chi connectivity index (χ0n) is 22.5. The highest BCUT2D eigenvalue weighted by Crippen LogP contribution is 2.32. The molecule has 6 nitrogen and oxygen atoms in total. The molecule has 6 rings (SSSR count). The highest BCUT2D eigenvalue weighted by atomic mass is 16.5. The van der Waals surface area contributed by atoms with Crippen molar-refractivity contribution in [3.05, 3.63) is 120 Å². The summed E-state index contributed by atoms with van der Waals surface area (Å²) in [5.74, 6) is 1.29. The Kier molecular flexibility index (Phi) is 7.03. The molecule has 0 amide bonds. The van der Waals surface area contributed by atoms with Gasteiger partial charge in [0.2, 0.25) is 5.78 Å². The van der Waals surface area contributed by atoms with Gasteiger partial charge in [0.15, 0.2) is 12.1 Å². The fourth-order valence-corrected chi connectivity index (χ4v) is 5.73. The molecule has 198 valence electrons. The molecule has 1 N–H and O–H groups in total. The van der Waals surface area contributed by atoms with Crippen molar-refractivity contribution in [1.82, 2.24) is 19.8 Å². The molecule has 0 aliphatic carbocycles. The third-order valence-corrected chi connectivity index (χ3v) is 7.88. The number of fused-ring (bicyclic) bond motifs is 1. The molecule has 6 heteroatoms. The minimum Gasteiger partial charge on any atom is -0.467 e. The lowest BCUT2D eigenvalue weighted by Gasteiger charge is -2.39. The summed E-state index contributed by atoms with van der Waals surface area (Å²) in [6.07, 6.45) is 8.61. The number of carbonyl (C=O) groups excluding carboxylic acids is 1. The summed E-state index contributed by atoms with van der Waals surface area (Å²) in [6.45, 7) is 4.19. The van der Waals surface area contributed by atoms with Gasteiger partial charge in [-0.05, 0) is 80.4 Å². The van der Waals surface area contributed by atoms with E-state index in [1.165, 1.54) is 17.6 Å². The van der Waals surface area contributed by atoms with E-state index in [1.807, 2.05) is 48.5 Å². The quantitative estimate of drug-likeness (QED) is 0.284. The first-order valence-corrected chi connectivity index (χ1v) is 13.7. The van der Waals surface area contributed by atoms with Crippen LogP contribution in [0.5, 0.6) is 5.75 Å². The molecule has 1 saturated heterocycles. The van der Waals surface area contributed by atoms with Gasteiger partial charge < -0.3 is 14.6 Å². The van der Waals surface area contributed by atoms with E-state index in [-0.39, 0.29) is 12.0 Å². The maximum absolute atomic E-state index is 13.1. The van der Waals surface area contributed by atoms with Crippen LogP contribution in [0.3, 0.4) is 0 Å². The average Bonchev–Trinajstić information content (AvgIpc) is 3.60. The molecule has 4 aromatic rings. The monoisotopic (exact) mass is 518 g/mol. The molecule has 0 spiro atoms. The summed E-state index contributed by atoms with van der Waals surface area (Å²) in [5, 5.41) is 0. The van der Waals surface area contributed by atoms with Crippen LogP contribution in [-0.2, 0) is 0 Å². The lowest BCUT2D eigenvalue weighted by atomic mass is 9.97. The van der Waals surface area contributed by atoms with Crippen LogP contribution in [0.2, 0.25) is 0 Å². The molecular formula is C33H34N4O2. The minimum atomic E-state index is -0.219. The van der Waals surface area contributed by atoms with Crippen LogP contribution in [0.15, 0.2) is 103 Å². The van der Waals surface area contributed by atoms with E-state index in [4.69, 9.17) is 4.74 Å². The molecule has 2 aliphatic heterocycles. The summed E-state index contributed by atoms with van der Waals surface area (Å²) >= 11 is 0. The van der Waals surface area contributed by atoms with Crippen molar-refractivity contribution in [3.8, 4) is 5.75 Å². The molecule has 2 aliphatic rings. The van der Waals surface area contributed by atoms with Crippen molar-refractivity contribution in [1.29, 1.82) is 0 Å². The number of ether oxygens (including phenoxy) is 1. The molecular weight excluding hydrogens is 484 g/mol. The Hall–Kier alpha value is -4.16. The third kappa shape index (κ3) is 5.25. The van der Waals surface area contributed by atoms with E-state index in [9.17, 15) is 4.79 Å². The number of hydrogen-bond donors (Lipinski definition) is 1. The molecule has 0 radical (unpaired) electrons. The second kappa shape index (κ2) is 10.9. The first kappa shape index (κ1) is 25.1. The number of imidazole rings is 1. The Balaban J connectivity index is 1.23. The molecule has 1 fully saturated rings. The van der Waals surface area contributed by atoms with Crippen LogP contribution in [0.1, 0.15) is 47.4 Å². The number of rotatable bonds is 8. The molecule has 0 saturated carbocycles. The average molecular weight is 519 g/mol. The molecule has 2 unspecified atom stereocenters. The van der Waals surface area contributed by atoms with Crippen molar-refractivity contribution in [3.63, 3.8) is 0 Å². The van der Waals surface area contributed by atoms with E-state index in [0.717, 1.165) is 36.3 Å². The van der Waals surface area contributed by atoms with E-state index in [1.54, 1.807) is 0 Å². The van der Waals surface area contributed by atoms with Gasteiger partial charge in [0.1, 0.15) is 5.75 Å². The Morgan fingerprint density at radius 2 is 1.82 bits per heavy atom. The van der Waals surface area contributed by atoms with Gasteiger partial charge >= 0.3 is 0 Å². The zero-order chi connectivity index (χ0) is 26.8. The van der Waals surface area contributed by atoms with Gasteiger partial charge in [-0.2, -0.15) is 0 Å². The Bertz CT molecular complexity index is 1470. The maximum Gasteiger partial charge on any atom is 0.228 e. The van der Waals surface area contributed by atoms with Gasteiger partial charge in [-0.15, -0.1) is 0 Å². The number of aromatic amines is 1. The highest BCUT2D eigenvalue weighted by molar-refractivity contribution is 6.08. The van der Waals surface area contributed by atoms with E-state index < -0.39 is 0 Å². The Labute approximate surface area is 229 Å². The van der Waals surface area contributed by atoms with Crippen LogP contribution in [0.25, 0.3) is 11.0 Å². The summed E-state index contributed by atoms with van der Waals surface area (Å²) in [5.41, 5.74) is 4.80. The highest BCUT2D eigenvalue weighted by Gasteiger charge is 2.34. The van der Waals surface area contributed by atoms with Gasteiger partial charge in [0.25, 0.3) is 0 Å². The second-order valence-corrected chi connectivity index (χ2v) is 10.6. The predicted octanol–water partition coefficient (Wildman–Crippen LogP) is 6.15. The van der Waals surface area contributed by atoms with E-state index >= 15 is 0 Å². The van der Waals surface area contributed by atoms with E-state index in [2.05, 4.69) is 82.4 Å². The first-order valence-electron chi connectivity index (χ1n) is 13.7. The van der Waals surface area contributed by atoms with Gasteiger partial charge in [0.05, 0.1) is 11.0 Å². The smallest absolute Gasteiger partial charge is 0.228 e. The zero-order valence-corrected chi connectivity index (χ0v) is 22.5. The van der Waals surface area contributed by atoms with Gasteiger partial charge in [-0.3, -0.25) is 9.69 Å². The standard InChI is InChI=1S/C33H34N4O2/c1-23(24-10-4-3-5-11-24)22-37-21-8-12-27(30-15-9-20-36(30)2)33(37)39-26-18-16-25(17-19-26)31(38)32-34-28-13-6-7-14-29(28)35-32/h3-8,10-14,16-19,21,23,30,33H,9,15,20,22H2,1-2H3,(H,34,35)/t23?,30-,33?/m0/s1. The number of benzene rings is 3. The van der Waals surface area contributed by atoms with Gasteiger partial charge in [-0.25, -0.2) is 4.98 Å². The summed E-state index contributed by atoms with van der Waals surface area (Å²) < 4.78 is 6.71. The first-order chi connectivity index (χ1) is 19.1. The molecule has 39 heavy (non-hydrogen) atoms. The largest absolute Gasteiger partial charge is 0.467 e. The number of nitrogens with zero attached hydrogens (tertiary/aromatic N) is 3. The van der Waals surface area contributed by atoms with Crippen LogP contribution < -0.4 is 4.74 Å². The lowest BCUT2D eigenvalue weighted by Crippen LogP contribution is -2.45.